The maximum Gasteiger partial charge on any atom is 0.248 e. The number of methoxy groups -OCH3 is 1. The van der Waals surface area contributed by atoms with Crippen molar-refractivity contribution >= 4 is 11.7 Å². The molecule has 26 heavy (non-hydrogen) atoms. The molecule has 2 rings (SSSR count). The second-order valence-electron chi connectivity index (χ2n) is 7.14. The second kappa shape index (κ2) is 8.85. The van der Waals surface area contributed by atoms with Crippen molar-refractivity contribution in [2.45, 2.75) is 20.4 Å². The van der Waals surface area contributed by atoms with Gasteiger partial charge in [-0.05, 0) is 5.92 Å². The summed E-state index contributed by atoms with van der Waals surface area (Å²) in [4.78, 5) is 16.5. The number of aryl methyl sites for hydroxylation is 1. The van der Waals surface area contributed by atoms with Gasteiger partial charge in [-0.25, -0.2) is 0 Å². The fourth-order valence-electron chi connectivity index (χ4n) is 3.19. The maximum absolute atomic E-state index is 12.6. The molecule has 0 unspecified atom stereocenters. The molecular weight excluding hydrogens is 328 g/mol. The van der Waals surface area contributed by atoms with Gasteiger partial charge in [0.2, 0.25) is 5.91 Å². The first-order valence-corrected chi connectivity index (χ1v) is 8.90. The molecule has 6 nitrogen and oxygen atoms in total. The molecular formula is C20H30N4O2. The predicted molar refractivity (Wildman–Crippen MR) is 105 cm³/mol. The van der Waals surface area contributed by atoms with Crippen molar-refractivity contribution in [1.82, 2.24) is 14.7 Å². The first-order chi connectivity index (χ1) is 12.3. The Balaban J connectivity index is 2.49. The van der Waals surface area contributed by atoms with Crippen LogP contribution in [0.5, 0.6) is 0 Å². The predicted octanol–water partition coefficient (Wildman–Crippen LogP) is 2.78. The lowest BCUT2D eigenvalue weighted by molar-refractivity contribution is -0.136. The Labute approximate surface area is 156 Å². The van der Waals surface area contributed by atoms with Crippen LogP contribution in [0.3, 0.4) is 0 Å². The third-order valence-corrected chi connectivity index (χ3v) is 4.14. The average Bonchev–Trinajstić information content (AvgIpc) is 2.91. The van der Waals surface area contributed by atoms with Gasteiger partial charge in [0.1, 0.15) is 12.4 Å². The van der Waals surface area contributed by atoms with Gasteiger partial charge in [0, 0.05) is 45.9 Å². The van der Waals surface area contributed by atoms with Gasteiger partial charge in [0.25, 0.3) is 0 Å². The first-order valence-electron chi connectivity index (χ1n) is 8.90. The minimum absolute atomic E-state index is 0.00577. The van der Waals surface area contributed by atoms with Crippen LogP contribution in [0.2, 0.25) is 0 Å². The molecule has 6 heteroatoms. The van der Waals surface area contributed by atoms with E-state index in [0.717, 1.165) is 22.6 Å². The molecule has 0 radical (unpaired) electrons. The molecule has 1 aromatic carbocycles. The van der Waals surface area contributed by atoms with Crippen molar-refractivity contribution in [2.24, 2.45) is 13.0 Å². The van der Waals surface area contributed by atoms with Crippen molar-refractivity contribution in [1.29, 1.82) is 0 Å². The van der Waals surface area contributed by atoms with E-state index in [0.29, 0.717) is 19.0 Å². The standard InChI is InChI=1S/C20H30N4O2/c1-15(2)12-24(18(25)14-26-6)13-17-19(16-10-8-7-9-11-16)21-23(5)20(17)22(3)4/h7-11,15H,12-14H2,1-6H3. The molecule has 142 valence electrons. The molecule has 0 saturated carbocycles. The number of nitrogens with zero attached hydrogens (tertiary/aromatic N) is 4. The number of carbonyl (C=O) groups is 1. The zero-order valence-electron chi connectivity index (χ0n) is 16.7. The lowest BCUT2D eigenvalue weighted by atomic mass is 10.1. The zero-order chi connectivity index (χ0) is 19.3. The van der Waals surface area contributed by atoms with Gasteiger partial charge in [-0.1, -0.05) is 44.2 Å². The number of hydrogen-bond donors (Lipinski definition) is 0. The third kappa shape index (κ3) is 4.64. The molecule has 2 aromatic rings. The lowest BCUT2D eigenvalue weighted by Crippen LogP contribution is -2.36. The largest absolute Gasteiger partial charge is 0.375 e. The van der Waals surface area contributed by atoms with E-state index >= 15 is 0 Å². The van der Waals surface area contributed by atoms with Crippen LogP contribution in [0.1, 0.15) is 19.4 Å². The van der Waals surface area contributed by atoms with E-state index in [-0.39, 0.29) is 12.5 Å². The summed E-state index contributed by atoms with van der Waals surface area (Å²) in [5.41, 5.74) is 3.01. The highest BCUT2D eigenvalue weighted by Crippen LogP contribution is 2.31. The number of carbonyl (C=O) groups excluding carboxylic acids is 1. The second-order valence-corrected chi connectivity index (χ2v) is 7.14. The summed E-state index contributed by atoms with van der Waals surface area (Å²) in [6.07, 6.45) is 0. The van der Waals surface area contributed by atoms with Gasteiger partial charge in [0.15, 0.2) is 0 Å². The van der Waals surface area contributed by atoms with E-state index < -0.39 is 0 Å². The number of hydrogen-bond acceptors (Lipinski definition) is 4. The van der Waals surface area contributed by atoms with E-state index in [9.17, 15) is 4.79 Å². The summed E-state index contributed by atoms with van der Waals surface area (Å²) in [5, 5.41) is 4.75. The molecule has 0 aliphatic carbocycles. The Hall–Kier alpha value is -2.34. The quantitative estimate of drug-likeness (QED) is 0.728. The minimum atomic E-state index is -0.00577. The third-order valence-electron chi connectivity index (χ3n) is 4.14. The van der Waals surface area contributed by atoms with Crippen LogP contribution >= 0.6 is 0 Å². The molecule has 0 bridgehead atoms. The molecule has 1 amide bonds. The SMILES string of the molecule is COCC(=O)N(Cc1c(-c2ccccc2)nn(C)c1N(C)C)CC(C)C. The Morgan fingerprint density at radius 3 is 2.42 bits per heavy atom. The summed E-state index contributed by atoms with van der Waals surface area (Å²) >= 11 is 0. The number of ether oxygens (including phenoxy) is 1. The van der Waals surface area contributed by atoms with Crippen molar-refractivity contribution in [3.63, 3.8) is 0 Å². The molecule has 1 heterocycles. The summed E-state index contributed by atoms with van der Waals surface area (Å²) in [7, 11) is 7.49. The van der Waals surface area contributed by atoms with Crippen molar-refractivity contribution < 1.29 is 9.53 Å². The van der Waals surface area contributed by atoms with Crippen LogP contribution < -0.4 is 4.90 Å². The van der Waals surface area contributed by atoms with Gasteiger partial charge in [-0.2, -0.15) is 5.10 Å². The van der Waals surface area contributed by atoms with Crippen LogP contribution in [0.4, 0.5) is 5.82 Å². The summed E-state index contributed by atoms with van der Waals surface area (Å²) in [5.74, 6) is 1.37. The van der Waals surface area contributed by atoms with Crippen LogP contribution in [0.25, 0.3) is 11.3 Å². The Kier molecular flexibility index (Phi) is 6.80. The Morgan fingerprint density at radius 1 is 1.23 bits per heavy atom. The maximum atomic E-state index is 12.6. The van der Waals surface area contributed by atoms with E-state index in [1.807, 2.05) is 53.8 Å². The summed E-state index contributed by atoms with van der Waals surface area (Å²) in [6, 6.07) is 10.1. The van der Waals surface area contributed by atoms with Crippen LogP contribution in [0.15, 0.2) is 30.3 Å². The van der Waals surface area contributed by atoms with E-state index in [2.05, 4.69) is 26.0 Å². The van der Waals surface area contributed by atoms with Gasteiger partial charge >= 0.3 is 0 Å². The number of amides is 1. The van der Waals surface area contributed by atoms with E-state index in [1.54, 1.807) is 7.11 Å². The number of anilines is 1. The molecule has 0 aliphatic heterocycles. The highest BCUT2D eigenvalue weighted by atomic mass is 16.5. The molecule has 0 spiro atoms. The molecule has 0 aliphatic rings. The Morgan fingerprint density at radius 2 is 1.88 bits per heavy atom. The molecule has 0 N–H and O–H groups in total. The van der Waals surface area contributed by atoms with E-state index in [1.165, 1.54) is 0 Å². The highest BCUT2D eigenvalue weighted by molar-refractivity contribution is 5.78. The lowest BCUT2D eigenvalue weighted by Gasteiger charge is -2.26. The molecule has 0 fully saturated rings. The average molecular weight is 358 g/mol. The van der Waals surface area contributed by atoms with Gasteiger partial charge in [-0.15, -0.1) is 0 Å². The number of aromatic nitrogens is 2. The zero-order valence-corrected chi connectivity index (χ0v) is 16.7. The van der Waals surface area contributed by atoms with Gasteiger partial charge in [0.05, 0.1) is 12.2 Å². The fourth-order valence-corrected chi connectivity index (χ4v) is 3.19. The normalized spacial score (nSPS) is 11.0. The first kappa shape index (κ1) is 20.0. The van der Waals surface area contributed by atoms with Crippen LogP contribution in [0, 0.1) is 5.92 Å². The van der Waals surface area contributed by atoms with Gasteiger partial charge in [-0.3, -0.25) is 9.48 Å². The summed E-state index contributed by atoms with van der Waals surface area (Å²) in [6.45, 7) is 5.50. The minimum Gasteiger partial charge on any atom is -0.375 e. The molecule has 0 atom stereocenters. The van der Waals surface area contributed by atoms with Crippen molar-refractivity contribution in [3.8, 4) is 11.3 Å². The smallest absolute Gasteiger partial charge is 0.248 e. The topological polar surface area (TPSA) is 50.6 Å². The van der Waals surface area contributed by atoms with E-state index in [4.69, 9.17) is 9.84 Å². The molecule has 0 saturated heterocycles. The number of rotatable bonds is 8. The Bertz CT molecular complexity index is 723. The van der Waals surface area contributed by atoms with Crippen LogP contribution in [-0.4, -0.2) is 54.9 Å². The van der Waals surface area contributed by atoms with Gasteiger partial charge < -0.3 is 14.5 Å². The number of benzene rings is 1. The highest BCUT2D eigenvalue weighted by Gasteiger charge is 2.24. The fraction of sp³-hybridized carbons (Fsp3) is 0.500. The monoisotopic (exact) mass is 358 g/mol. The van der Waals surface area contributed by atoms with Crippen molar-refractivity contribution in [2.75, 3.05) is 39.3 Å². The summed E-state index contributed by atoms with van der Waals surface area (Å²) < 4.78 is 6.96. The van der Waals surface area contributed by atoms with Crippen LogP contribution in [-0.2, 0) is 23.1 Å². The van der Waals surface area contributed by atoms with Crippen molar-refractivity contribution in [3.05, 3.63) is 35.9 Å². The molecule has 1 aromatic heterocycles.